The lowest BCUT2D eigenvalue weighted by Gasteiger charge is -2.25. The van der Waals surface area contributed by atoms with Gasteiger partial charge >= 0.3 is 12.2 Å². The Morgan fingerprint density at radius 2 is 1.97 bits per heavy atom. The minimum absolute atomic E-state index is 0.0214. The number of urea groups is 1. The van der Waals surface area contributed by atoms with Crippen LogP contribution in [0.5, 0.6) is 5.75 Å². The van der Waals surface area contributed by atoms with Crippen molar-refractivity contribution in [3.63, 3.8) is 0 Å². The van der Waals surface area contributed by atoms with Gasteiger partial charge in [-0.2, -0.15) is 13.2 Å². The van der Waals surface area contributed by atoms with Gasteiger partial charge in [-0.3, -0.25) is 9.69 Å². The van der Waals surface area contributed by atoms with Gasteiger partial charge in [0.2, 0.25) is 0 Å². The maximum atomic E-state index is 13.6. The van der Waals surface area contributed by atoms with Crippen molar-refractivity contribution in [1.82, 2.24) is 9.88 Å². The third-order valence-corrected chi connectivity index (χ3v) is 5.15. The lowest BCUT2D eigenvalue weighted by molar-refractivity contribution is -0.141. The zero-order chi connectivity index (χ0) is 22.9. The van der Waals surface area contributed by atoms with Gasteiger partial charge in [0.05, 0.1) is 31.6 Å². The summed E-state index contributed by atoms with van der Waals surface area (Å²) in [4.78, 5) is 31.9. The van der Waals surface area contributed by atoms with Crippen molar-refractivity contribution in [2.45, 2.75) is 26.1 Å². The number of nitrogens with zero attached hydrogens (tertiary/aromatic N) is 3. The Labute approximate surface area is 176 Å². The second-order valence-electron chi connectivity index (χ2n) is 7.50. The molecule has 1 aliphatic rings. The summed E-state index contributed by atoms with van der Waals surface area (Å²) in [6.07, 6.45) is -3.59. The number of anilines is 1. The van der Waals surface area contributed by atoms with Gasteiger partial charge in [-0.05, 0) is 36.2 Å². The highest BCUT2D eigenvalue weighted by molar-refractivity contribution is 6.02. The maximum Gasteiger partial charge on any atom is 0.433 e. The zero-order valence-corrected chi connectivity index (χ0v) is 17.1. The Morgan fingerprint density at radius 3 is 2.52 bits per heavy atom. The predicted molar refractivity (Wildman–Crippen MR) is 105 cm³/mol. The van der Waals surface area contributed by atoms with Crippen LogP contribution in [-0.4, -0.2) is 47.9 Å². The minimum Gasteiger partial charge on any atom is -0.494 e. The predicted octanol–water partition coefficient (Wildman–Crippen LogP) is 4.40. The summed E-state index contributed by atoms with van der Waals surface area (Å²) >= 11 is 0. The molecule has 2 heterocycles. The van der Waals surface area contributed by atoms with E-state index in [9.17, 15) is 27.2 Å². The molecule has 1 aliphatic heterocycles. The van der Waals surface area contributed by atoms with Gasteiger partial charge in [-0.15, -0.1) is 0 Å². The molecule has 0 radical (unpaired) electrons. The van der Waals surface area contributed by atoms with Gasteiger partial charge < -0.3 is 9.64 Å². The van der Waals surface area contributed by atoms with Crippen LogP contribution < -0.4 is 9.64 Å². The van der Waals surface area contributed by atoms with Crippen LogP contribution in [0.3, 0.4) is 0 Å². The molecule has 2 amide bonds. The molecule has 0 spiro atoms. The number of ketones is 1. The van der Waals surface area contributed by atoms with Crippen LogP contribution in [-0.2, 0) is 6.18 Å². The molecule has 0 saturated carbocycles. The van der Waals surface area contributed by atoms with Crippen molar-refractivity contribution < 1.29 is 31.9 Å². The molecule has 1 atom stereocenters. The van der Waals surface area contributed by atoms with E-state index >= 15 is 0 Å². The molecule has 31 heavy (non-hydrogen) atoms. The summed E-state index contributed by atoms with van der Waals surface area (Å²) in [6.45, 7) is 3.69. The molecule has 10 heteroatoms. The topological polar surface area (TPSA) is 62.7 Å². The quantitative estimate of drug-likeness (QED) is 0.495. The van der Waals surface area contributed by atoms with E-state index in [1.807, 2.05) is 13.8 Å². The summed E-state index contributed by atoms with van der Waals surface area (Å²) in [7, 11) is 1.28. The second-order valence-corrected chi connectivity index (χ2v) is 7.50. The molecule has 1 aromatic carbocycles. The lowest BCUT2D eigenvalue weighted by Crippen LogP contribution is -2.41. The van der Waals surface area contributed by atoms with Crippen molar-refractivity contribution in [3.05, 3.63) is 53.6 Å². The average Bonchev–Trinajstić information content (AvgIpc) is 3.04. The van der Waals surface area contributed by atoms with E-state index in [1.54, 1.807) is 0 Å². The number of pyridine rings is 1. The first kappa shape index (κ1) is 22.5. The third-order valence-electron chi connectivity index (χ3n) is 5.15. The molecule has 1 saturated heterocycles. The molecule has 0 aliphatic carbocycles. The average molecular weight is 439 g/mol. The number of benzene rings is 1. The summed E-state index contributed by atoms with van der Waals surface area (Å²) in [5.74, 6) is -1.13. The highest BCUT2D eigenvalue weighted by Gasteiger charge is 2.41. The monoisotopic (exact) mass is 439 g/mol. The Bertz CT molecular complexity index is 977. The summed E-state index contributed by atoms with van der Waals surface area (Å²) in [5.41, 5.74) is -0.661. The van der Waals surface area contributed by atoms with Gasteiger partial charge in [0.1, 0.15) is 5.69 Å². The van der Waals surface area contributed by atoms with Crippen LogP contribution in [0.1, 0.15) is 29.9 Å². The summed E-state index contributed by atoms with van der Waals surface area (Å²) < 4.78 is 56.8. The number of hydrogen-bond donors (Lipinski definition) is 0. The van der Waals surface area contributed by atoms with E-state index in [4.69, 9.17) is 4.74 Å². The standard InChI is InChI=1S/C21H21F4N3O3/c1-12(2)16-10-27(14-5-7-19(26-9-14)21(23,24)25)20(30)28(16)11-17(29)13-4-6-15(22)18(8-13)31-3/h4-9,12,16H,10-11H2,1-3H3/t16-/m1/s1. The van der Waals surface area contributed by atoms with Gasteiger partial charge in [0.15, 0.2) is 17.3 Å². The molecule has 0 bridgehead atoms. The molecule has 2 aromatic rings. The molecule has 6 nitrogen and oxygen atoms in total. The SMILES string of the molecule is COc1cc(C(=O)CN2C(=O)N(c3ccc(C(F)(F)F)nc3)C[C@@H]2C(C)C)ccc1F. The molecular weight excluding hydrogens is 418 g/mol. The number of aromatic nitrogens is 1. The Hall–Kier alpha value is -3.17. The number of alkyl halides is 3. The fourth-order valence-electron chi connectivity index (χ4n) is 3.42. The van der Waals surface area contributed by atoms with Crippen molar-refractivity contribution in [3.8, 4) is 5.75 Å². The smallest absolute Gasteiger partial charge is 0.433 e. The van der Waals surface area contributed by atoms with Crippen molar-refractivity contribution >= 4 is 17.5 Å². The van der Waals surface area contributed by atoms with Crippen molar-refractivity contribution in [2.75, 3.05) is 25.1 Å². The van der Waals surface area contributed by atoms with Crippen LogP contribution in [0.2, 0.25) is 0 Å². The number of amides is 2. The third kappa shape index (κ3) is 4.62. The molecule has 166 valence electrons. The number of halogens is 4. The Kier molecular flexibility index (Phi) is 6.19. The van der Waals surface area contributed by atoms with Crippen LogP contribution in [0, 0.1) is 11.7 Å². The van der Waals surface area contributed by atoms with Crippen LogP contribution >= 0.6 is 0 Å². The van der Waals surface area contributed by atoms with Crippen molar-refractivity contribution in [1.29, 1.82) is 0 Å². The molecule has 0 unspecified atom stereocenters. The first-order valence-electron chi connectivity index (χ1n) is 9.51. The highest BCUT2D eigenvalue weighted by Crippen LogP contribution is 2.31. The Morgan fingerprint density at radius 1 is 1.26 bits per heavy atom. The van der Waals surface area contributed by atoms with E-state index in [2.05, 4.69) is 4.98 Å². The zero-order valence-electron chi connectivity index (χ0n) is 17.1. The first-order chi connectivity index (χ1) is 14.5. The van der Waals surface area contributed by atoms with E-state index in [-0.39, 0.29) is 42.0 Å². The Balaban J connectivity index is 1.83. The number of carbonyl (C=O) groups is 2. The molecule has 1 fully saturated rings. The molecular formula is C21H21F4N3O3. The highest BCUT2D eigenvalue weighted by atomic mass is 19.4. The molecule has 1 aromatic heterocycles. The fourth-order valence-corrected chi connectivity index (χ4v) is 3.42. The van der Waals surface area contributed by atoms with Gasteiger partial charge in [0, 0.05) is 12.1 Å². The van der Waals surface area contributed by atoms with E-state index in [0.29, 0.717) is 0 Å². The van der Waals surface area contributed by atoms with Crippen LogP contribution in [0.15, 0.2) is 36.5 Å². The number of carbonyl (C=O) groups excluding carboxylic acids is 2. The largest absolute Gasteiger partial charge is 0.494 e. The summed E-state index contributed by atoms with van der Waals surface area (Å²) in [6, 6.07) is 4.82. The number of rotatable bonds is 6. The normalized spacial score (nSPS) is 16.9. The number of Topliss-reactive ketones (excluding diaryl/α,β-unsaturated/α-hetero) is 1. The number of hydrogen-bond acceptors (Lipinski definition) is 4. The number of methoxy groups -OCH3 is 1. The van der Waals surface area contributed by atoms with Crippen LogP contribution in [0.25, 0.3) is 0 Å². The van der Waals surface area contributed by atoms with Crippen molar-refractivity contribution in [2.24, 2.45) is 5.92 Å². The van der Waals surface area contributed by atoms with Gasteiger partial charge in [-0.1, -0.05) is 13.8 Å². The van der Waals surface area contributed by atoms with Crippen LogP contribution in [0.4, 0.5) is 28.0 Å². The van der Waals surface area contributed by atoms with E-state index in [1.165, 1.54) is 35.1 Å². The van der Waals surface area contributed by atoms with Gasteiger partial charge in [0.25, 0.3) is 0 Å². The molecule has 3 rings (SSSR count). The maximum absolute atomic E-state index is 13.6. The lowest BCUT2D eigenvalue weighted by atomic mass is 10.0. The van der Waals surface area contributed by atoms with E-state index < -0.39 is 29.5 Å². The van der Waals surface area contributed by atoms with Gasteiger partial charge in [-0.25, -0.2) is 14.2 Å². The summed E-state index contributed by atoms with van der Waals surface area (Å²) in [5, 5.41) is 0. The minimum atomic E-state index is -4.58. The molecule has 0 N–H and O–H groups in total. The second kappa shape index (κ2) is 8.52. The fraction of sp³-hybridized carbons (Fsp3) is 0.381. The number of ether oxygens (including phenoxy) is 1. The first-order valence-corrected chi connectivity index (χ1v) is 9.51. The van der Waals surface area contributed by atoms with E-state index in [0.717, 1.165) is 18.3 Å².